The quantitative estimate of drug-likeness (QED) is 0.810. The van der Waals surface area contributed by atoms with Gasteiger partial charge in [-0.2, -0.15) is 0 Å². The fourth-order valence-corrected chi connectivity index (χ4v) is 3.47. The normalized spacial score (nSPS) is 18.4. The van der Waals surface area contributed by atoms with Crippen molar-refractivity contribution in [3.8, 4) is 5.75 Å². The van der Waals surface area contributed by atoms with Crippen molar-refractivity contribution in [1.82, 2.24) is 4.90 Å². The van der Waals surface area contributed by atoms with Gasteiger partial charge in [0.15, 0.2) is 0 Å². The van der Waals surface area contributed by atoms with Crippen LogP contribution in [0.25, 0.3) is 0 Å². The highest BCUT2D eigenvalue weighted by Gasteiger charge is 2.32. The summed E-state index contributed by atoms with van der Waals surface area (Å²) in [6.07, 6.45) is 2.01. The van der Waals surface area contributed by atoms with Gasteiger partial charge in [0.05, 0.1) is 13.7 Å². The van der Waals surface area contributed by atoms with Gasteiger partial charge >= 0.3 is 0 Å². The molecule has 1 heterocycles. The lowest BCUT2D eigenvalue weighted by molar-refractivity contribution is -0.122. The van der Waals surface area contributed by atoms with Crippen LogP contribution in [0.5, 0.6) is 5.75 Å². The molecule has 3 rings (SSSR count). The predicted molar refractivity (Wildman–Crippen MR) is 101 cm³/mol. The first-order valence-electron chi connectivity index (χ1n) is 8.93. The van der Waals surface area contributed by atoms with Gasteiger partial charge in [-0.05, 0) is 37.1 Å². The van der Waals surface area contributed by atoms with Crippen LogP contribution in [0.2, 0.25) is 0 Å². The van der Waals surface area contributed by atoms with Crippen molar-refractivity contribution < 1.29 is 9.53 Å². The van der Waals surface area contributed by atoms with Crippen LogP contribution in [0.15, 0.2) is 54.6 Å². The number of ether oxygens (including phenoxy) is 1. The van der Waals surface area contributed by atoms with E-state index in [0.717, 1.165) is 30.8 Å². The molecule has 25 heavy (non-hydrogen) atoms. The zero-order valence-electron chi connectivity index (χ0n) is 15.0. The minimum atomic E-state index is 0.158. The van der Waals surface area contributed by atoms with E-state index in [1.54, 1.807) is 7.11 Å². The molecule has 4 heteroatoms. The number of nitrogens with zero attached hydrogens (tertiary/aromatic N) is 2. The van der Waals surface area contributed by atoms with Gasteiger partial charge in [0, 0.05) is 24.3 Å². The van der Waals surface area contributed by atoms with Crippen molar-refractivity contribution in [2.45, 2.75) is 25.8 Å². The van der Waals surface area contributed by atoms with Gasteiger partial charge in [-0.15, -0.1) is 0 Å². The van der Waals surface area contributed by atoms with Crippen LogP contribution >= 0.6 is 0 Å². The average molecular weight is 338 g/mol. The Bertz CT molecular complexity index is 702. The first-order valence-corrected chi connectivity index (χ1v) is 8.93. The van der Waals surface area contributed by atoms with Crippen molar-refractivity contribution in [2.24, 2.45) is 0 Å². The molecule has 0 unspecified atom stereocenters. The maximum Gasteiger partial charge on any atom is 0.241 e. The van der Waals surface area contributed by atoms with Crippen LogP contribution in [-0.2, 0) is 11.2 Å². The highest BCUT2D eigenvalue weighted by molar-refractivity contribution is 5.95. The smallest absolute Gasteiger partial charge is 0.241 e. The third kappa shape index (κ3) is 4.20. The molecule has 1 aliphatic rings. The predicted octanol–water partition coefficient (Wildman–Crippen LogP) is 3.37. The third-order valence-corrected chi connectivity index (χ3v) is 4.74. The van der Waals surface area contributed by atoms with Crippen molar-refractivity contribution in [3.63, 3.8) is 0 Å². The Morgan fingerprint density at radius 1 is 1.12 bits per heavy atom. The Labute approximate surface area is 150 Å². The molecule has 0 N–H and O–H groups in total. The Balaban J connectivity index is 1.82. The van der Waals surface area contributed by atoms with Gasteiger partial charge in [0.25, 0.3) is 0 Å². The summed E-state index contributed by atoms with van der Waals surface area (Å²) in [6.45, 7) is 4.30. The largest absolute Gasteiger partial charge is 0.497 e. The number of hydrogen-bond acceptors (Lipinski definition) is 3. The number of rotatable bonds is 6. The molecule has 1 fully saturated rings. The molecule has 0 aliphatic carbocycles. The van der Waals surface area contributed by atoms with E-state index in [4.69, 9.17) is 4.74 Å². The van der Waals surface area contributed by atoms with E-state index in [9.17, 15) is 4.79 Å². The number of benzene rings is 2. The van der Waals surface area contributed by atoms with E-state index in [1.165, 1.54) is 5.56 Å². The van der Waals surface area contributed by atoms with Crippen molar-refractivity contribution in [3.05, 3.63) is 60.2 Å². The van der Waals surface area contributed by atoms with Crippen LogP contribution in [0.4, 0.5) is 5.69 Å². The van der Waals surface area contributed by atoms with E-state index in [2.05, 4.69) is 36.1 Å². The summed E-state index contributed by atoms with van der Waals surface area (Å²) in [4.78, 5) is 17.0. The molecule has 0 aromatic heterocycles. The summed E-state index contributed by atoms with van der Waals surface area (Å²) >= 11 is 0. The van der Waals surface area contributed by atoms with Gasteiger partial charge in [-0.1, -0.05) is 43.3 Å². The lowest BCUT2D eigenvalue weighted by Crippen LogP contribution is -2.57. The van der Waals surface area contributed by atoms with Crippen LogP contribution < -0.4 is 9.64 Å². The average Bonchev–Trinajstić information content (AvgIpc) is 2.65. The molecule has 1 saturated heterocycles. The van der Waals surface area contributed by atoms with Crippen LogP contribution in [0.1, 0.15) is 18.9 Å². The number of carbonyl (C=O) groups is 1. The van der Waals surface area contributed by atoms with E-state index < -0.39 is 0 Å². The minimum Gasteiger partial charge on any atom is -0.497 e. The summed E-state index contributed by atoms with van der Waals surface area (Å²) in [5.41, 5.74) is 2.23. The molecular weight excluding hydrogens is 312 g/mol. The first kappa shape index (κ1) is 17.5. The fraction of sp³-hybridized carbons (Fsp3) is 0.381. The molecule has 0 radical (unpaired) electrons. The summed E-state index contributed by atoms with van der Waals surface area (Å²) in [6, 6.07) is 18.6. The minimum absolute atomic E-state index is 0.158. The lowest BCUT2D eigenvalue weighted by atomic mass is 10.0. The van der Waals surface area contributed by atoms with Crippen molar-refractivity contribution in [2.75, 3.05) is 31.6 Å². The van der Waals surface area contributed by atoms with E-state index in [0.29, 0.717) is 19.1 Å². The number of anilines is 1. The molecule has 1 amide bonds. The molecule has 0 bridgehead atoms. The Hall–Kier alpha value is -2.33. The summed E-state index contributed by atoms with van der Waals surface area (Å²) in [5, 5.41) is 0. The molecule has 2 aromatic carbocycles. The van der Waals surface area contributed by atoms with Gasteiger partial charge in [0.1, 0.15) is 5.75 Å². The van der Waals surface area contributed by atoms with E-state index >= 15 is 0 Å². The van der Waals surface area contributed by atoms with E-state index in [-0.39, 0.29) is 5.91 Å². The topological polar surface area (TPSA) is 32.8 Å². The summed E-state index contributed by atoms with van der Waals surface area (Å²) in [7, 11) is 1.65. The van der Waals surface area contributed by atoms with Gasteiger partial charge in [-0.3, -0.25) is 9.69 Å². The molecule has 0 saturated carbocycles. The second-order valence-corrected chi connectivity index (χ2v) is 6.52. The van der Waals surface area contributed by atoms with Crippen LogP contribution in [0, 0.1) is 0 Å². The zero-order valence-corrected chi connectivity index (χ0v) is 15.0. The Morgan fingerprint density at radius 3 is 2.64 bits per heavy atom. The second-order valence-electron chi connectivity index (χ2n) is 6.52. The number of piperazine rings is 1. The molecule has 0 spiro atoms. The number of methoxy groups -OCH3 is 1. The van der Waals surface area contributed by atoms with Gasteiger partial charge in [0.2, 0.25) is 5.91 Å². The van der Waals surface area contributed by atoms with Crippen LogP contribution in [-0.4, -0.2) is 43.6 Å². The third-order valence-electron chi connectivity index (χ3n) is 4.74. The Kier molecular flexibility index (Phi) is 5.71. The summed E-state index contributed by atoms with van der Waals surface area (Å²) < 4.78 is 5.31. The monoisotopic (exact) mass is 338 g/mol. The van der Waals surface area contributed by atoms with E-state index in [1.807, 2.05) is 35.2 Å². The second kappa shape index (κ2) is 8.17. The zero-order chi connectivity index (χ0) is 17.6. The van der Waals surface area contributed by atoms with Crippen molar-refractivity contribution in [1.29, 1.82) is 0 Å². The van der Waals surface area contributed by atoms with Gasteiger partial charge in [-0.25, -0.2) is 0 Å². The molecule has 132 valence electrons. The highest BCUT2D eigenvalue weighted by atomic mass is 16.5. The molecular formula is C21H26N2O2. The molecule has 1 atom stereocenters. The fourth-order valence-electron chi connectivity index (χ4n) is 3.47. The molecule has 2 aromatic rings. The summed E-state index contributed by atoms with van der Waals surface area (Å²) in [5.74, 6) is 0.937. The van der Waals surface area contributed by atoms with Crippen molar-refractivity contribution >= 4 is 11.6 Å². The first-order chi connectivity index (χ1) is 12.2. The SMILES string of the molecule is CCCN1CC(=O)N(c2cccc(OC)c2)C[C@@H]1Cc1ccccc1. The molecule has 4 nitrogen and oxygen atoms in total. The van der Waals surface area contributed by atoms with Gasteiger partial charge < -0.3 is 9.64 Å². The highest BCUT2D eigenvalue weighted by Crippen LogP contribution is 2.25. The van der Waals surface area contributed by atoms with Crippen LogP contribution in [0.3, 0.4) is 0 Å². The lowest BCUT2D eigenvalue weighted by Gasteiger charge is -2.41. The molecule has 1 aliphatic heterocycles. The maximum atomic E-state index is 12.7. The Morgan fingerprint density at radius 2 is 1.92 bits per heavy atom. The number of carbonyl (C=O) groups excluding carboxylic acids is 1. The maximum absolute atomic E-state index is 12.7. The number of amides is 1. The number of hydrogen-bond donors (Lipinski definition) is 0. The standard InChI is InChI=1S/C21H26N2O2/c1-3-12-22-16-21(24)23(18-10-7-11-20(14-18)25-2)15-19(22)13-17-8-5-4-6-9-17/h4-11,14,19H,3,12-13,15-16H2,1-2H3/t19-/m0/s1.